The molecule has 0 amide bonds. The van der Waals surface area contributed by atoms with Crippen LogP contribution in [0.2, 0.25) is 0 Å². The molecular weight excluding hydrogens is 212 g/mol. The molecule has 1 atom stereocenters. The molecule has 2 aromatic rings. The topological polar surface area (TPSA) is 50.7 Å². The fourth-order valence-corrected chi connectivity index (χ4v) is 1.59. The minimum atomic E-state index is 0.165. The monoisotopic (exact) mass is 228 g/mol. The molecule has 0 aliphatic rings. The average molecular weight is 228 g/mol. The van der Waals surface area contributed by atoms with Gasteiger partial charge in [-0.05, 0) is 32.4 Å². The highest BCUT2D eigenvalue weighted by atomic mass is 15.0. The molecule has 0 radical (unpaired) electrons. The molecule has 1 unspecified atom stereocenters. The normalized spacial score (nSPS) is 12.2. The summed E-state index contributed by atoms with van der Waals surface area (Å²) in [6.07, 6.45) is 5.40. The number of hydrogen-bond acceptors (Lipinski definition) is 4. The van der Waals surface area contributed by atoms with Crippen LogP contribution in [0.15, 0.2) is 30.7 Å². The summed E-state index contributed by atoms with van der Waals surface area (Å²) in [4.78, 5) is 12.8. The number of nitrogens with one attached hydrogen (secondary N) is 1. The molecule has 0 saturated heterocycles. The van der Waals surface area contributed by atoms with E-state index >= 15 is 0 Å². The predicted octanol–water partition coefficient (Wildman–Crippen LogP) is 2.66. The molecule has 0 aromatic carbocycles. The number of hydrogen-bond donors (Lipinski definition) is 1. The van der Waals surface area contributed by atoms with Crippen LogP contribution in [-0.2, 0) is 0 Å². The quantitative estimate of drug-likeness (QED) is 0.877. The molecule has 2 heterocycles. The Morgan fingerprint density at radius 1 is 1.24 bits per heavy atom. The predicted molar refractivity (Wildman–Crippen MR) is 67.8 cm³/mol. The third-order valence-electron chi connectivity index (χ3n) is 2.61. The molecule has 0 spiro atoms. The molecule has 4 heteroatoms. The molecule has 88 valence electrons. The van der Waals surface area contributed by atoms with Crippen LogP contribution in [0.4, 0.5) is 5.82 Å². The maximum Gasteiger partial charge on any atom is 0.148 e. The van der Waals surface area contributed by atoms with Gasteiger partial charge in [-0.15, -0.1) is 0 Å². The van der Waals surface area contributed by atoms with Crippen molar-refractivity contribution in [1.82, 2.24) is 15.0 Å². The van der Waals surface area contributed by atoms with Crippen molar-refractivity contribution < 1.29 is 0 Å². The van der Waals surface area contributed by atoms with Crippen LogP contribution in [0, 0.1) is 13.8 Å². The largest absolute Gasteiger partial charge is 0.362 e. The lowest BCUT2D eigenvalue weighted by atomic mass is 10.1. The van der Waals surface area contributed by atoms with E-state index in [9.17, 15) is 0 Å². The number of nitrogens with zero attached hydrogens (tertiary/aromatic N) is 3. The molecule has 0 saturated carbocycles. The fraction of sp³-hybridized carbons (Fsp3) is 0.308. The Kier molecular flexibility index (Phi) is 3.32. The Morgan fingerprint density at radius 2 is 2.06 bits per heavy atom. The highest BCUT2D eigenvalue weighted by Crippen LogP contribution is 2.18. The van der Waals surface area contributed by atoms with Gasteiger partial charge in [-0.25, -0.2) is 4.98 Å². The van der Waals surface area contributed by atoms with Crippen molar-refractivity contribution in [2.24, 2.45) is 0 Å². The molecule has 4 nitrogen and oxygen atoms in total. The van der Waals surface area contributed by atoms with Crippen LogP contribution >= 0.6 is 0 Å². The third kappa shape index (κ3) is 2.78. The van der Waals surface area contributed by atoms with Crippen LogP contribution in [-0.4, -0.2) is 15.0 Å². The average Bonchev–Trinajstić information content (AvgIpc) is 2.35. The smallest absolute Gasteiger partial charge is 0.148 e. The van der Waals surface area contributed by atoms with Crippen LogP contribution in [0.25, 0.3) is 0 Å². The summed E-state index contributed by atoms with van der Waals surface area (Å²) >= 11 is 0. The van der Waals surface area contributed by atoms with Gasteiger partial charge >= 0.3 is 0 Å². The van der Waals surface area contributed by atoms with Crippen molar-refractivity contribution in [2.45, 2.75) is 26.8 Å². The second kappa shape index (κ2) is 4.91. The van der Waals surface area contributed by atoms with Crippen molar-refractivity contribution in [1.29, 1.82) is 0 Å². The highest BCUT2D eigenvalue weighted by molar-refractivity contribution is 5.42. The van der Waals surface area contributed by atoms with Crippen LogP contribution < -0.4 is 5.32 Å². The Bertz CT molecular complexity index is 496. The molecule has 0 bridgehead atoms. The zero-order valence-corrected chi connectivity index (χ0v) is 10.3. The summed E-state index contributed by atoms with van der Waals surface area (Å²) < 4.78 is 0. The first kappa shape index (κ1) is 11.5. The standard InChI is InChI=1S/C13H16N4/c1-9-7-15-11(3)13(16-9)17-10(2)12-5-4-6-14-8-12/h4-8,10H,1-3H3,(H,16,17). The fourth-order valence-electron chi connectivity index (χ4n) is 1.59. The zero-order valence-electron chi connectivity index (χ0n) is 10.3. The molecule has 0 aliphatic carbocycles. The lowest BCUT2D eigenvalue weighted by Gasteiger charge is -2.15. The van der Waals surface area contributed by atoms with Crippen molar-refractivity contribution in [3.63, 3.8) is 0 Å². The first-order valence-electron chi connectivity index (χ1n) is 5.63. The molecule has 2 rings (SSSR count). The second-order valence-corrected chi connectivity index (χ2v) is 4.10. The van der Waals surface area contributed by atoms with Crippen molar-refractivity contribution >= 4 is 5.82 Å². The van der Waals surface area contributed by atoms with E-state index in [0.29, 0.717) is 0 Å². The minimum Gasteiger partial charge on any atom is -0.362 e. The molecule has 17 heavy (non-hydrogen) atoms. The maximum atomic E-state index is 4.44. The van der Waals surface area contributed by atoms with Gasteiger partial charge in [-0.3, -0.25) is 9.97 Å². The Morgan fingerprint density at radius 3 is 2.76 bits per heavy atom. The van der Waals surface area contributed by atoms with Gasteiger partial charge < -0.3 is 5.32 Å². The summed E-state index contributed by atoms with van der Waals surface area (Å²) in [7, 11) is 0. The number of aromatic nitrogens is 3. The minimum absolute atomic E-state index is 0.165. The van der Waals surface area contributed by atoms with Crippen LogP contribution in [0.3, 0.4) is 0 Å². The summed E-state index contributed by atoms with van der Waals surface area (Å²) in [5.74, 6) is 0.835. The van der Waals surface area contributed by atoms with Gasteiger partial charge in [-0.1, -0.05) is 6.07 Å². The Balaban J connectivity index is 2.18. The summed E-state index contributed by atoms with van der Waals surface area (Å²) in [6.45, 7) is 5.97. The van der Waals surface area contributed by atoms with Gasteiger partial charge in [0.05, 0.1) is 17.4 Å². The van der Waals surface area contributed by atoms with E-state index in [1.807, 2.05) is 32.2 Å². The molecular formula is C13H16N4. The molecule has 1 N–H and O–H groups in total. The van der Waals surface area contributed by atoms with Gasteiger partial charge in [0.15, 0.2) is 0 Å². The highest BCUT2D eigenvalue weighted by Gasteiger charge is 2.08. The second-order valence-electron chi connectivity index (χ2n) is 4.10. The summed E-state index contributed by atoms with van der Waals surface area (Å²) in [5, 5.41) is 3.35. The van der Waals surface area contributed by atoms with Gasteiger partial charge in [0.2, 0.25) is 0 Å². The summed E-state index contributed by atoms with van der Waals surface area (Å²) in [6, 6.07) is 4.14. The van der Waals surface area contributed by atoms with Gasteiger partial charge in [0.1, 0.15) is 5.82 Å². The van der Waals surface area contributed by atoms with E-state index in [4.69, 9.17) is 0 Å². The van der Waals surface area contributed by atoms with E-state index < -0.39 is 0 Å². The SMILES string of the molecule is Cc1cnc(C)c(NC(C)c2cccnc2)n1. The number of rotatable bonds is 3. The Hall–Kier alpha value is -1.97. The maximum absolute atomic E-state index is 4.44. The molecule has 0 fully saturated rings. The van der Waals surface area contributed by atoms with Gasteiger partial charge in [-0.2, -0.15) is 0 Å². The van der Waals surface area contributed by atoms with Crippen LogP contribution in [0.5, 0.6) is 0 Å². The van der Waals surface area contributed by atoms with E-state index in [2.05, 4.69) is 27.2 Å². The number of anilines is 1. The number of pyridine rings is 1. The lowest BCUT2D eigenvalue weighted by molar-refractivity contribution is 0.855. The van der Waals surface area contributed by atoms with E-state index in [0.717, 1.165) is 22.8 Å². The summed E-state index contributed by atoms with van der Waals surface area (Å²) in [5.41, 5.74) is 2.96. The van der Waals surface area contributed by atoms with Crippen molar-refractivity contribution in [3.05, 3.63) is 47.7 Å². The zero-order chi connectivity index (χ0) is 12.3. The number of aryl methyl sites for hydroxylation is 2. The first-order valence-corrected chi connectivity index (χ1v) is 5.63. The van der Waals surface area contributed by atoms with E-state index in [1.54, 1.807) is 12.4 Å². The third-order valence-corrected chi connectivity index (χ3v) is 2.61. The van der Waals surface area contributed by atoms with Crippen molar-refractivity contribution in [3.8, 4) is 0 Å². The lowest BCUT2D eigenvalue weighted by Crippen LogP contribution is -2.10. The van der Waals surface area contributed by atoms with Gasteiger partial charge in [0.25, 0.3) is 0 Å². The van der Waals surface area contributed by atoms with Crippen LogP contribution in [0.1, 0.15) is 29.9 Å². The molecule has 0 aliphatic heterocycles. The molecule has 2 aromatic heterocycles. The van der Waals surface area contributed by atoms with Crippen molar-refractivity contribution in [2.75, 3.05) is 5.32 Å². The Labute approximate surface area is 101 Å². The first-order chi connectivity index (χ1) is 8.16. The van der Waals surface area contributed by atoms with Gasteiger partial charge in [0, 0.05) is 18.6 Å². The van der Waals surface area contributed by atoms with E-state index in [-0.39, 0.29) is 6.04 Å². The van der Waals surface area contributed by atoms with E-state index in [1.165, 1.54) is 0 Å².